The van der Waals surface area contributed by atoms with Gasteiger partial charge in [0.2, 0.25) is 0 Å². The molecule has 0 saturated carbocycles. The lowest BCUT2D eigenvalue weighted by Gasteiger charge is -2.19. The van der Waals surface area contributed by atoms with Gasteiger partial charge in [0, 0.05) is 20.4 Å². The molecule has 0 fully saturated rings. The molecule has 0 aromatic carbocycles. The Kier molecular flexibility index (Phi) is 4.10. The van der Waals surface area contributed by atoms with E-state index < -0.39 is 6.10 Å². The zero-order valence-corrected chi connectivity index (χ0v) is 8.97. The molecule has 4 nitrogen and oxygen atoms in total. The van der Waals surface area contributed by atoms with Crippen LogP contribution in [0.5, 0.6) is 0 Å². The maximum atomic E-state index is 9.92. The Labute approximate surface area is 84.5 Å². The molecule has 4 heteroatoms. The van der Waals surface area contributed by atoms with Crippen LogP contribution in [0.1, 0.15) is 31.6 Å². The first-order chi connectivity index (χ1) is 6.69. The molecule has 2 unspecified atom stereocenters. The number of hydrogen-bond donors (Lipinski definition) is 1. The maximum Gasteiger partial charge on any atom is 0.124 e. The Hall–Kier alpha value is -0.870. The number of aliphatic hydroxyl groups excluding tert-OH is 1. The summed E-state index contributed by atoms with van der Waals surface area (Å²) >= 11 is 0. The fourth-order valence-electron chi connectivity index (χ4n) is 1.47. The third-order valence-corrected chi connectivity index (χ3v) is 2.27. The van der Waals surface area contributed by atoms with Gasteiger partial charge in [-0.2, -0.15) is 5.10 Å². The van der Waals surface area contributed by atoms with Crippen LogP contribution in [-0.4, -0.2) is 28.1 Å². The fraction of sp³-hybridized carbons (Fsp3) is 0.700. The Balaban J connectivity index is 2.66. The summed E-state index contributed by atoms with van der Waals surface area (Å²) in [6.07, 6.45) is 2.87. The quantitative estimate of drug-likeness (QED) is 0.775. The third-order valence-electron chi connectivity index (χ3n) is 2.27. The molecule has 0 aliphatic heterocycles. The molecule has 1 rings (SSSR count). The number of aromatic nitrogens is 2. The van der Waals surface area contributed by atoms with Crippen molar-refractivity contribution in [2.24, 2.45) is 7.05 Å². The summed E-state index contributed by atoms with van der Waals surface area (Å²) < 4.78 is 6.89. The molecular weight excluding hydrogens is 180 g/mol. The predicted molar refractivity (Wildman–Crippen MR) is 53.9 cm³/mol. The smallest absolute Gasteiger partial charge is 0.124 e. The Morgan fingerprint density at radius 2 is 2.36 bits per heavy atom. The second-order valence-electron chi connectivity index (χ2n) is 3.42. The number of rotatable bonds is 5. The highest BCUT2D eigenvalue weighted by atomic mass is 16.5. The number of ether oxygens (including phenoxy) is 1. The van der Waals surface area contributed by atoms with Crippen LogP contribution < -0.4 is 0 Å². The summed E-state index contributed by atoms with van der Waals surface area (Å²) in [6.45, 7) is 2.07. The second kappa shape index (κ2) is 5.12. The van der Waals surface area contributed by atoms with E-state index in [0.717, 1.165) is 12.8 Å². The van der Waals surface area contributed by atoms with Gasteiger partial charge >= 0.3 is 0 Å². The van der Waals surface area contributed by atoms with Crippen molar-refractivity contribution in [3.8, 4) is 0 Å². The van der Waals surface area contributed by atoms with E-state index in [2.05, 4.69) is 12.0 Å². The molecule has 1 aromatic rings. The normalized spacial score (nSPS) is 15.4. The van der Waals surface area contributed by atoms with Crippen molar-refractivity contribution in [1.82, 2.24) is 9.78 Å². The predicted octanol–water partition coefficient (Wildman–Crippen LogP) is 1.27. The first-order valence-electron chi connectivity index (χ1n) is 4.89. The van der Waals surface area contributed by atoms with Crippen LogP contribution in [0.25, 0.3) is 0 Å². The zero-order valence-electron chi connectivity index (χ0n) is 8.97. The lowest BCUT2D eigenvalue weighted by atomic mass is 10.1. The highest BCUT2D eigenvalue weighted by Crippen LogP contribution is 2.20. The molecule has 0 aliphatic carbocycles. The Bertz CT molecular complexity index is 273. The molecule has 80 valence electrons. The van der Waals surface area contributed by atoms with Gasteiger partial charge in [0.15, 0.2) is 0 Å². The number of hydrogen-bond acceptors (Lipinski definition) is 3. The number of aryl methyl sites for hydroxylation is 1. The Morgan fingerprint density at radius 3 is 2.79 bits per heavy atom. The van der Waals surface area contributed by atoms with Crippen LogP contribution in [-0.2, 0) is 11.8 Å². The zero-order chi connectivity index (χ0) is 10.6. The molecule has 1 aromatic heterocycles. The summed E-state index contributed by atoms with van der Waals surface area (Å²) in [5, 5.41) is 14.1. The molecular formula is C10H18N2O2. The van der Waals surface area contributed by atoms with Gasteiger partial charge in [-0.1, -0.05) is 13.3 Å². The van der Waals surface area contributed by atoms with Crippen LogP contribution in [0.3, 0.4) is 0 Å². The van der Waals surface area contributed by atoms with Gasteiger partial charge in [-0.25, -0.2) is 0 Å². The highest BCUT2D eigenvalue weighted by Gasteiger charge is 2.21. The average Bonchev–Trinajstić information content (AvgIpc) is 2.60. The van der Waals surface area contributed by atoms with Gasteiger partial charge in [-0.15, -0.1) is 0 Å². The lowest BCUT2D eigenvalue weighted by Crippen LogP contribution is -2.21. The van der Waals surface area contributed by atoms with E-state index in [9.17, 15) is 5.11 Å². The van der Waals surface area contributed by atoms with Crippen molar-refractivity contribution < 1.29 is 9.84 Å². The van der Waals surface area contributed by atoms with Gasteiger partial charge in [-0.3, -0.25) is 4.68 Å². The van der Waals surface area contributed by atoms with E-state index in [1.165, 1.54) is 0 Å². The molecule has 0 aliphatic rings. The van der Waals surface area contributed by atoms with Crippen molar-refractivity contribution in [3.63, 3.8) is 0 Å². The third kappa shape index (κ3) is 2.56. The van der Waals surface area contributed by atoms with Crippen molar-refractivity contribution in [1.29, 1.82) is 0 Å². The van der Waals surface area contributed by atoms with Crippen LogP contribution in [0, 0.1) is 0 Å². The summed E-state index contributed by atoms with van der Waals surface area (Å²) in [5.74, 6) is 0. The van der Waals surface area contributed by atoms with E-state index >= 15 is 0 Å². The minimum absolute atomic E-state index is 0.158. The molecule has 1 N–H and O–H groups in total. The summed E-state index contributed by atoms with van der Waals surface area (Å²) in [4.78, 5) is 0. The summed E-state index contributed by atoms with van der Waals surface area (Å²) in [5.41, 5.74) is 0.674. The molecule has 0 saturated heterocycles. The van der Waals surface area contributed by atoms with Crippen molar-refractivity contribution in [3.05, 3.63) is 18.0 Å². The van der Waals surface area contributed by atoms with E-state index in [4.69, 9.17) is 4.74 Å². The lowest BCUT2D eigenvalue weighted by molar-refractivity contribution is -0.0202. The molecule has 0 amide bonds. The standard InChI is InChI=1S/C10H18N2O2/c1-4-5-9(14-3)10(13)8-6-7-12(2)11-8/h6-7,9-10,13H,4-5H2,1-3H3. The van der Waals surface area contributed by atoms with Crippen molar-refractivity contribution in [2.75, 3.05) is 7.11 Å². The molecule has 2 atom stereocenters. The van der Waals surface area contributed by atoms with E-state index in [1.54, 1.807) is 11.8 Å². The second-order valence-corrected chi connectivity index (χ2v) is 3.42. The number of nitrogens with zero attached hydrogens (tertiary/aromatic N) is 2. The Morgan fingerprint density at radius 1 is 1.64 bits per heavy atom. The van der Waals surface area contributed by atoms with Crippen molar-refractivity contribution >= 4 is 0 Å². The van der Waals surface area contributed by atoms with E-state index in [0.29, 0.717) is 5.69 Å². The molecule has 0 radical (unpaired) electrons. The highest BCUT2D eigenvalue weighted by molar-refractivity contribution is 5.04. The van der Waals surface area contributed by atoms with E-state index in [-0.39, 0.29) is 6.10 Å². The van der Waals surface area contributed by atoms with Gasteiger partial charge < -0.3 is 9.84 Å². The number of methoxy groups -OCH3 is 1. The first kappa shape index (κ1) is 11.2. The van der Waals surface area contributed by atoms with Gasteiger partial charge in [0.25, 0.3) is 0 Å². The van der Waals surface area contributed by atoms with Crippen LogP contribution in [0.15, 0.2) is 12.3 Å². The van der Waals surface area contributed by atoms with E-state index in [1.807, 2.05) is 19.3 Å². The van der Waals surface area contributed by atoms with Crippen LogP contribution in [0.4, 0.5) is 0 Å². The van der Waals surface area contributed by atoms with Crippen LogP contribution in [0.2, 0.25) is 0 Å². The van der Waals surface area contributed by atoms with Gasteiger partial charge in [-0.05, 0) is 12.5 Å². The molecule has 0 spiro atoms. The minimum atomic E-state index is -0.624. The SMILES string of the molecule is CCCC(OC)C(O)c1ccn(C)n1. The van der Waals surface area contributed by atoms with Crippen LogP contribution >= 0.6 is 0 Å². The maximum absolute atomic E-state index is 9.92. The average molecular weight is 198 g/mol. The van der Waals surface area contributed by atoms with Crippen molar-refractivity contribution in [2.45, 2.75) is 32.0 Å². The summed E-state index contributed by atoms with van der Waals surface area (Å²) in [7, 11) is 3.45. The monoisotopic (exact) mass is 198 g/mol. The number of aliphatic hydroxyl groups is 1. The minimum Gasteiger partial charge on any atom is -0.384 e. The topological polar surface area (TPSA) is 47.3 Å². The largest absolute Gasteiger partial charge is 0.384 e. The van der Waals surface area contributed by atoms with Gasteiger partial charge in [0.05, 0.1) is 11.8 Å². The molecule has 0 bridgehead atoms. The fourth-order valence-corrected chi connectivity index (χ4v) is 1.47. The molecule has 1 heterocycles. The first-order valence-corrected chi connectivity index (χ1v) is 4.89. The van der Waals surface area contributed by atoms with Gasteiger partial charge in [0.1, 0.15) is 6.10 Å². The molecule has 14 heavy (non-hydrogen) atoms. The summed E-state index contributed by atoms with van der Waals surface area (Å²) in [6, 6.07) is 1.81.